The number of nitrogens with zero attached hydrogens (tertiary/aromatic N) is 1. The Bertz CT molecular complexity index is 850. The number of hydrogen-bond acceptors (Lipinski definition) is 5. The third-order valence-electron chi connectivity index (χ3n) is 7.05. The number of amides is 3. The van der Waals surface area contributed by atoms with Gasteiger partial charge < -0.3 is 35.8 Å². The van der Waals surface area contributed by atoms with Gasteiger partial charge in [-0.15, -0.1) is 0 Å². The Morgan fingerprint density at radius 3 is 2.92 bits per heavy atom. The highest BCUT2D eigenvalue weighted by molar-refractivity contribution is 5.74. The van der Waals surface area contributed by atoms with Gasteiger partial charge in [-0.25, -0.2) is 14.0 Å². The highest BCUT2D eigenvalue weighted by Gasteiger charge is 2.32. The summed E-state index contributed by atoms with van der Waals surface area (Å²) in [7, 11) is 0. The Morgan fingerprint density at radius 2 is 2.11 bits per heavy atom. The monoisotopic (exact) mass is 508 g/mol. The number of hydrogen-bond donors (Lipinski definition) is 4. The van der Waals surface area contributed by atoms with Crippen molar-refractivity contribution in [2.24, 2.45) is 17.6 Å². The standard InChI is InChI=1S/C26H41FN4O5/c1-18-7-8-21(27)14-23(18)24(36-12-9-29-26(33)34)20-6-4-10-31(16-20)25(32)30-15-22(28)13-19-5-2-3-11-35-17-19/h7-8,14,19-20,22,24,29H,2-6,9-13,15-17,28H2,1H3,(H,30,32)(H,33,34)/t19-,20-,22+,24-/m1/s1. The molecule has 36 heavy (non-hydrogen) atoms. The maximum absolute atomic E-state index is 14.1. The zero-order valence-electron chi connectivity index (χ0n) is 21.2. The van der Waals surface area contributed by atoms with Crippen LogP contribution in [0.15, 0.2) is 18.2 Å². The van der Waals surface area contributed by atoms with E-state index in [1.165, 1.54) is 12.1 Å². The molecule has 2 aliphatic heterocycles. The second-order valence-corrected chi connectivity index (χ2v) is 9.99. The number of urea groups is 1. The molecule has 2 heterocycles. The number of halogens is 1. The number of benzene rings is 1. The summed E-state index contributed by atoms with van der Waals surface area (Å²) in [5.74, 6) is 0.0276. The van der Waals surface area contributed by atoms with Crippen molar-refractivity contribution in [1.29, 1.82) is 0 Å². The topological polar surface area (TPSA) is 126 Å². The van der Waals surface area contributed by atoms with Crippen LogP contribution in [0.5, 0.6) is 0 Å². The van der Waals surface area contributed by atoms with Gasteiger partial charge in [0, 0.05) is 51.4 Å². The average molecular weight is 509 g/mol. The first-order valence-corrected chi connectivity index (χ1v) is 13.0. The highest BCUT2D eigenvalue weighted by Crippen LogP contribution is 2.35. The van der Waals surface area contributed by atoms with Crippen molar-refractivity contribution in [2.75, 3.05) is 46.0 Å². The van der Waals surface area contributed by atoms with Gasteiger partial charge in [-0.1, -0.05) is 12.5 Å². The Morgan fingerprint density at radius 1 is 1.28 bits per heavy atom. The molecule has 0 bridgehead atoms. The first kappa shape index (κ1) is 28.1. The van der Waals surface area contributed by atoms with Crippen molar-refractivity contribution in [3.05, 3.63) is 35.1 Å². The van der Waals surface area contributed by atoms with Crippen LogP contribution in [-0.4, -0.2) is 74.2 Å². The van der Waals surface area contributed by atoms with Gasteiger partial charge in [0.05, 0.1) is 12.7 Å². The summed E-state index contributed by atoms with van der Waals surface area (Å²) in [6, 6.07) is 4.31. The second kappa shape index (κ2) is 14.3. The molecule has 5 N–H and O–H groups in total. The van der Waals surface area contributed by atoms with Crippen LogP contribution in [0.4, 0.5) is 14.0 Å². The van der Waals surface area contributed by atoms with E-state index in [9.17, 15) is 14.0 Å². The lowest BCUT2D eigenvalue weighted by Gasteiger charge is -2.37. The molecule has 2 fully saturated rings. The summed E-state index contributed by atoms with van der Waals surface area (Å²) in [5.41, 5.74) is 7.93. The van der Waals surface area contributed by atoms with Gasteiger partial charge in [-0.2, -0.15) is 0 Å². The van der Waals surface area contributed by atoms with Crippen LogP contribution in [0.3, 0.4) is 0 Å². The zero-order chi connectivity index (χ0) is 25.9. The molecule has 0 unspecified atom stereocenters. The van der Waals surface area contributed by atoms with E-state index < -0.39 is 12.2 Å². The fourth-order valence-electron chi connectivity index (χ4n) is 5.18. The smallest absolute Gasteiger partial charge is 0.404 e. The third-order valence-corrected chi connectivity index (χ3v) is 7.05. The molecule has 0 aromatic heterocycles. The molecule has 2 saturated heterocycles. The predicted octanol–water partition coefficient (Wildman–Crippen LogP) is 3.42. The molecule has 0 radical (unpaired) electrons. The van der Waals surface area contributed by atoms with Crippen molar-refractivity contribution in [2.45, 2.75) is 57.6 Å². The molecule has 4 atom stereocenters. The number of nitrogens with two attached hydrogens (primary N) is 1. The Kier molecular flexibility index (Phi) is 11.2. The fraction of sp³-hybridized carbons (Fsp3) is 0.692. The van der Waals surface area contributed by atoms with Gasteiger partial charge in [0.1, 0.15) is 5.82 Å². The van der Waals surface area contributed by atoms with Gasteiger partial charge in [0.15, 0.2) is 0 Å². The van der Waals surface area contributed by atoms with Crippen molar-refractivity contribution >= 4 is 12.1 Å². The number of piperidine rings is 1. The first-order chi connectivity index (χ1) is 17.3. The molecule has 0 aliphatic carbocycles. The van der Waals surface area contributed by atoms with E-state index in [4.69, 9.17) is 20.3 Å². The van der Waals surface area contributed by atoms with Crippen molar-refractivity contribution in [3.8, 4) is 0 Å². The molecule has 1 aromatic carbocycles. The van der Waals surface area contributed by atoms with E-state index in [1.807, 2.05) is 6.92 Å². The third kappa shape index (κ3) is 8.90. The minimum Gasteiger partial charge on any atom is -0.465 e. The van der Waals surface area contributed by atoms with Crippen LogP contribution < -0.4 is 16.4 Å². The predicted molar refractivity (Wildman–Crippen MR) is 134 cm³/mol. The van der Waals surface area contributed by atoms with Crippen molar-refractivity contribution < 1.29 is 28.6 Å². The lowest BCUT2D eigenvalue weighted by atomic mass is 9.86. The number of rotatable bonds is 10. The second-order valence-electron chi connectivity index (χ2n) is 9.99. The van der Waals surface area contributed by atoms with Crippen LogP contribution in [-0.2, 0) is 9.47 Å². The highest BCUT2D eigenvalue weighted by atomic mass is 19.1. The molecule has 0 saturated carbocycles. The Labute approximate surface area is 212 Å². The quantitative estimate of drug-likeness (QED) is 0.359. The molecule has 0 spiro atoms. The molecule has 3 rings (SSSR count). The van der Waals surface area contributed by atoms with Crippen LogP contribution in [0.2, 0.25) is 0 Å². The van der Waals surface area contributed by atoms with E-state index in [1.54, 1.807) is 11.0 Å². The van der Waals surface area contributed by atoms with E-state index in [2.05, 4.69) is 10.6 Å². The molecular weight excluding hydrogens is 467 g/mol. The molecule has 2 aliphatic rings. The first-order valence-electron chi connectivity index (χ1n) is 13.0. The van der Waals surface area contributed by atoms with E-state index in [0.29, 0.717) is 25.6 Å². The lowest BCUT2D eigenvalue weighted by molar-refractivity contribution is -0.00885. The van der Waals surface area contributed by atoms with Gasteiger partial charge >= 0.3 is 12.1 Å². The number of likely N-dealkylation sites (tertiary alicyclic amines) is 1. The van der Waals surface area contributed by atoms with Crippen molar-refractivity contribution in [3.63, 3.8) is 0 Å². The largest absolute Gasteiger partial charge is 0.465 e. The fourth-order valence-corrected chi connectivity index (χ4v) is 5.18. The van der Waals surface area contributed by atoms with E-state index in [0.717, 1.165) is 62.9 Å². The SMILES string of the molecule is Cc1ccc(F)cc1[C@H](OCCNC(=O)O)[C@@H]1CCCN(C(=O)NC[C@@H](N)C[C@H]2CCCCOC2)C1. The van der Waals surface area contributed by atoms with Crippen LogP contribution in [0, 0.1) is 24.6 Å². The summed E-state index contributed by atoms with van der Waals surface area (Å²) >= 11 is 0. The summed E-state index contributed by atoms with van der Waals surface area (Å²) in [5, 5.41) is 14.1. The van der Waals surface area contributed by atoms with Gasteiger partial charge in [-0.3, -0.25) is 0 Å². The van der Waals surface area contributed by atoms with Crippen LogP contribution >= 0.6 is 0 Å². The zero-order valence-corrected chi connectivity index (χ0v) is 21.2. The number of ether oxygens (including phenoxy) is 2. The summed E-state index contributed by atoms with van der Waals surface area (Å²) in [4.78, 5) is 25.5. The lowest BCUT2D eigenvalue weighted by Crippen LogP contribution is -2.49. The number of aryl methyl sites for hydroxylation is 1. The number of carbonyl (C=O) groups is 2. The minimum atomic E-state index is -1.12. The van der Waals surface area contributed by atoms with Crippen LogP contribution in [0.1, 0.15) is 55.8 Å². The van der Waals surface area contributed by atoms with Gasteiger partial charge in [0.25, 0.3) is 0 Å². The molecular formula is C26H41FN4O5. The Balaban J connectivity index is 1.57. The normalized spacial score (nSPS) is 22.4. The number of nitrogens with one attached hydrogen (secondary N) is 2. The maximum atomic E-state index is 14.1. The van der Waals surface area contributed by atoms with Gasteiger partial charge in [0.2, 0.25) is 0 Å². The summed E-state index contributed by atoms with van der Waals surface area (Å²) in [6.07, 6.45) is 4.21. The maximum Gasteiger partial charge on any atom is 0.404 e. The molecule has 10 heteroatoms. The molecule has 202 valence electrons. The van der Waals surface area contributed by atoms with E-state index in [-0.39, 0.29) is 37.0 Å². The van der Waals surface area contributed by atoms with E-state index >= 15 is 0 Å². The summed E-state index contributed by atoms with van der Waals surface area (Å²) in [6.45, 7) is 5.21. The van der Waals surface area contributed by atoms with Crippen LogP contribution in [0.25, 0.3) is 0 Å². The number of carbonyl (C=O) groups excluding carboxylic acids is 1. The molecule has 3 amide bonds. The summed E-state index contributed by atoms with van der Waals surface area (Å²) < 4.78 is 25.8. The average Bonchev–Trinajstić information content (AvgIpc) is 3.13. The Hall–Kier alpha value is -2.43. The minimum absolute atomic E-state index is 0.0494. The van der Waals surface area contributed by atoms with Crippen molar-refractivity contribution in [1.82, 2.24) is 15.5 Å². The molecule has 9 nitrogen and oxygen atoms in total. The number of carboxylic acid groups (broad SMARTS) is 1. The molecule has 1 aromatic rings. The van der Waals surface area contributed by atoms with Gasteiger partial charge in [-0.05, 0) is 68.2 Å².